The molecule has 0 spiro atoms. The molecule has 0 bridgehead atoms. The molecule has 2 aromatic heterocycles. The largest absolute Gasteiger partial charge is 0.294 e. The van der Waals surface area contributed by atoms with Crippen molar-refractivity contribution in [2.45, 2.75) is 53.0 Å². The van der Waals surface area contributed by atoms with Crippen molar-refractivity contribution in [3.05, 3.63) is 34.9 Å². The number of ketones is 1. The number of hydrogen-bond donors (Lipinski definition) is 0. The van der Waals surface area contributed by atoms with Gasteiger partial charge in [0.25, 0.3) is 0 Å². The highest BCUT2D eigenvalue weighted by Crippen LogP contribution is 2.17. The van der Waals surface area contributed by atoms with Crippen molar-refractivity contribution in [2.24, 2.45) is 7.05 Å². The Bertz CT molecular complexity index is 635. The minimum atomic E-state index is 0.0906. The van der Waals surface area contributed by atoms with Crippen LogP contribution in [0, 0.1) is 13.8 Å². The van der Waals surface area contributed by atoms with Gasteiger partial charge in [0.05, 0.1) is 29.4 Å². The van der Waals surface area contributed by atoms with E-state index in [1.165, 1.54) is 0 Å². The highest BCUT2D eigenvalue weighted by molar-refractivity contribution is 5.99. The third kappa shape index (κ3) is 3.06. The van der Waals surface area contributed by atoms with Crippen molar-refractivity contribution < 1.29 is 4.79 Å². The van der Waals surface area contributed by atoms with E-state index in [9.17, 15) is 4.79 Å². The molecular formula is C16H24N4O. The van der Waals surface area contributed by atoms with Gasteiger partial charge in [-0.15, -0.1) is 0 Å². The number of rotatable bonds is 6. The molecule has 2 rings (SSSR count). The summed E-state index contributed by atoms with van der Waals surface area (Å²) in [7, 11) is 1.86. The molecule has 0 aliphatic carbocycles. The first kappa shape index (κ1) is 15.5. The first-order valence-corrected chi connectivity index (χ1v) is 7.55. The van der Waals surface area contributed by atoms with Gasteiger partial charge in [-0.1, -0.05) is 13.8 Å². The van der Waals surface area contributed by atoms with Gasteiger partial charge < -0.3 is 0 Å². The van der Waals surface area contributed by atoms with Crippen LogP contribution in [0.15, 0.2) is 12.3 Å². The summed E-state index contributed by atoms with van der Waals surface area (Å²) in [6.07, 6.45) is 4.41. The topological polar surface area (TPSA) is 52.7 Å². The van der Waals surface area contributed by atoms with E-state index in [-0.39, 0.29) is 5.78 Å². The molecule has 0 aliphatic rings. The maximum Gasteiger partial charge on any atom is 0.172 e. The lowest BCUT2D eigenvalue weighted by molar-refractivity contribution is 0.0990. The zero-order valence-electron chi connectivity index (χ0n) is 13.6. The average Bonchev–Trinajstić information content (AvgIpc) is 2.97. The molecule has 0 radical (unpaired) electrons. The first-order valence-electron chi connectivity index (χ1n) is 7.55. The second kappa shape index (κ2) is 6.24. The normalized spacial score (nSPS) is 11.3. The summed E-state index contributed by atoms with van der Waals surface area (Å²) in [5.74, 6) is 0.0906. The second-order valence-corrected chi connectivity index (χ2v) is 5.53. The maximum absolute atomic E-state index is 12.5. The van der Waals surface area contributed by atoms with Crippen LogP contribution in [0.4, 0.5) is 0 Å². The van der Waals surface area contributed by atoms with E-state index < -0.39 is 0 Å². The molecule has 5 heteroatoms. The van der Waals surface area contributed by atoms with Crippen LogP contribution in [-0.4, -0.2) is 25.3 Å². The molecule has 0 fully saturated rings. The minimum absolute atomic E-state index is 0.0906. The van der Waals surface area contributed by atoms with Crippen LogP contribution in [0.25, 0.3) is 0 Å². The SMILES string of the molecule is CCC(CC)n1ccc(CC(=O)c2c(C)nn(C)c2C)n1. The number of carbonyl (C=O) groups is 1. The van der Waals surface area contributed by atoms with Gasteiger partial charge in [0.1, 0.15) is 0 Å². The Morgan fingerprint density at radius 1 is 1.24 bits per heavy atom. The Balaban J connectivity index is 2.17. The lowest BCUT2D eigenvalue weighted by Gasteiger charge is -2.12. The summed E-state index contributed by atoms with van der Waals surface area (Å²) in [6, 6.07) is 2.35. The predicted molar refractivity (Wildman–Crippen MR) is 82.6 cm³/mol. The monoisotopic (exact) mass is 288 g/mol. The Hall–Kier alpha value is -1.91. The fourth-order valence-electron chi connectivity index (χ4n) is 2.77. The van der Waals surface area contributed by atoms with Crippen molar-refractivity contribution in [3.8, 4) is 0 Å². The number of aryl methyl sites for hydroxylation is 2. The molecule has 5 nitrogen and oxygen atoms in total. The lowest BCUT2D eigenvalue weighted by atomic mass is 10.1. The van der Waals surface area contributed by atoms with Gasteiger partial charge >= 0.3 is 0 Å². The molecule has 0 aliphatic heterocycles. The summed E-state index contributed by atoms with van der Waals surface area (Å²) in [5.41, 5.74) is 3.26. The van der Waals surface area contributed by atoms with Crippen LogP contribution in [0.3, 0.4) is 0 Å². The van der Waals surface area contributed by atoms with Crippen LogP contribution >= 0.6 is 0 Å². The van der Waals surface area contributed by atoms with Crippen LogP contribution in [-0.2, 0) is 13.5 Å². The number of carbonyl (C=O) groups excluding carboxylic acids is 1. The van der Waals surface area contributed by atoms with E-state index >= 15 is 0 Å². The van der Waals surface area contributed by atoms with Crippen molar-refractivity contribution >= 4 is 5.78 Å². The summed E-state index contributed by atoms with van der Waals surface area (Å²) in [5, 5.41) is 8.86. The second-order valence-electron chi connectivity index (χ2n) is 5.53. The number of aromatic nitrogens is 4. The summed E-state index contributed by atoms with van der Waals surface area (Å²) < 4.78 is 3.73. The molecule has 0 N–H and O–H groups in total. The predicted octanol–water partition coefficient (Wildman–Crippen LogP) is 3.02. The summed E-state index contributed by atoms with van der Waals surface area (Å²) in [6.45, 7) is 8.12. The molecule has 21 heavy (non-hydrogen) atoms. The highest BCUT2D eigenvalue weighted by Gasteiger charge is 2.19. The molecule has 0 saturated heterocycles. The Morgan fingerprint density at radius 2 is 1.90 bits per heavy atom. The Kier molecular flexibility index (Phi) is 4.60. The Labute approximate surface area is 126 Å². The van der Waals surface area contributed by atoms with Gasteiger partial charge in [0.15, 0.2) is 5.78 Å². The summed E-state index contributed by atoms with van der Waals surface area (Å²) in [4.78, 5) is 12.5. The zero-order chi connectivity index (χ0) is 15.6. The van der Waals surface area contributed by atoms with Crippen molar-refractivity contribution in [1.82, 2.24) is 19.6 Å². The third-order valence-corrected chi connectivity index (χ3v) is 4.11. The zero-order valence-corrected chi connectivity index (χ0v) is 13.6. The van der Waals surface area contributed by atoms with E-state index in [1.54, 1.807) is 4.68 Å². The van der Waals surface area contributed by atoms with Crippen LogP contribution in [0.2, 0.25) is 0 Å². The minimum Gasteiger partial charge on any atom is -0.294 e. The van der Waals surface area contributed by atoms with E-state index in [0.717, 1.165) is 35.5 Å². The third-order valence-electron chi connectivity index (χ3n) is 4.11. The molecule has 114 valence electrons. The van der Waals surface area contributed by atoms with E-state index in [2.05, 4.69) is 24.0 Å². The van der Waals surface area contributed by atoms with Gasteiger partial charge in [-0.2, -0.15) is 10.2 Å². The number of nitrogens with zero attached hydrogens (tertiary/aromatic N) is 4. The molecule has 0 atom stereocenters. The maximum atomic E-state index is 12.5. The van der Waals surface area contributed by atoms with Crippen molar-refractivity contribution in [2.75, 3.05) is 0 Å². The Morgan fingerprint density at radius 3 is 2.43 bits per heavy atom. The van der Waals surface area contributed by atoms with Crippen LogP contribution in [0.5, 0.6) is 0 Å². The smallest absolute Gasteiger partial charge is 0.172 e. The first-order chi connectivity index (χ1) is 9.97. The number of hydrogen-bond acceptors (Lipinski definition) is 3. The standard InChI is InChI=1S/C16H24N4O/c1-6-14(7-2)20-9-8-13(18-20)10-15(21)16-11(3)17-19(5)12(16)4/h8-9,14H,6-7,10H2,1-5H3. The van der Waals surface area contributed by atoms with Gasteiger partial charge in [-0.25, -0.2) is 0 Å². The lowest BCUT2D eigenvalue weighted by Crippen LogP contribution is -2.10. The molecular weight excluding hydrogens is 264 g/mol. The fraction of sp³-hybridized carbons (Fsp3) is 0.562. The van der Waals surface area contributed by atoms with E-state index in [4.69, 9.17) is 0 Å². The van der Waals surface area contributed by atoms with E-state index in [0.29, 0.717) is 12.5 Å². The van der Waals surface area contributed by atoms with E-state index in [1.807, 2.05) is 37.8 Å². The van der Waals surface area contributed by atoms with Gasteiger partial charge in [-0.05, 0) is 32.8 Å². The van der Waals surface area contributed by atoms with Crippen molar-refractivity contribution in [3.63, 3.8) is 0 Å². The summed E-state index contributed by atoms with van der Waals surface area (Å²) >= 11 is 0. The molecule has 2 aromatic rings. The van der Waals surface area contributed by atoms with Gasteiger partial charge in [-0.3, -0.25) is 14.2 Å². The highest BCUT2D eigenvalue weighted by atomic mass is 16.1. The molecule has 0 aromatic carbocycles. The molecule has 0 unspecified atom stereocenters. The van der Waals surface area contributed by atoms with Crippen molar-refractivity contribution in [1.29, 1.82) is 0 Å². The fourth-order valence-corrected chi connectivity index (χ4v) is 2.77. The van der Waals surface area contributed by atoms with Crippen LogP contribution < -0.4 is 0 Å². The molecule has 2 heterocycles. The average molecular weight is 288 g/mol. The van der Waals surface area contributed by atoms with Crippen LogP contribution in [0.1, 0.15) is 60.2 Å². The quantitative estimate of drug-likeness (QED) is 0.768. The van der Waals surface area contributed by atoms with Gasteiger partial charge in [0.2, 0.25) is 0 Å². The molecule has 0 amide bonds. The number of Topliss-reactive ketones (excluding diaryl/α,β-unsaturated/α-hetero) is 1. The molecule has 0 saturated carbocycles. The van der Waals surface area contributed by atoms with Gasteiger partial charge in [0, 0.05) is 18.9 Å².